The summed E-state index contributed by atoms with van der Waals surface area (Å²) in [5.74, 6) is 0.429. The Hall–Kier alpha value is -2.95. The smallest absolute Gasteiger partial charge is 0.299 e. The van der Waals surface area contributed by atoms with Crippen molar-refractivity contribution in [1.82, 2.24) is 19.6 Å². The highest BCUT2D eigenvalue weighted by molar-refractivity contribution is 7.92. The largest absolute Gasteiger partial charge is 0.495 e. The minimum atomic E-state index is -4.14. The van der Waals surface area contributed by atoms with Gasteiger partial charge in [-0.1, -0.05) is 12.1 Å². The number of benzene rings is 1. The number of methoxy groups -OCH3 is 1. The van der Waals surface area contributed by atoms with E-state index < -0.39 is 21.9 Å². The van der Waals surface area contributed by atoms with E-state index in [0.29, 0.717) is 11.3 Å². The van der Waals surface area contributed by atoms with E-state index in [4.69, 9.17) is 9.47 Å². The molecule has 2 aromatic heterocycles. The van der Waals surface area contributed by atoms with Gasteiger partial charge >= 0.3 is 0 Å². The molecule has 2 heterocycles. The third-order valence-corrected chi connectivity index (χ3v) is 4.80. The van der Waals surface area contributed by atoms with E-state index in [-0.39, 0.29) is 29.6 Å². The van der Waals surface area contributed by atoms with Crippen LogP contribution in [0.2, 0.25) is 0 Å². The van der Waals surface area contributed by atoms with E-state index in [0.717, 1.165) is 4.52 Å². The molecule has 3 aromatic rings. The fourth-order valence-corrected chi connectivity index (χ4v) is 3.44. The van der Waals surface area contributed by atoms with Gasteiger partial charge in [-0.2, -0.15) is 17.9 Å². The molecule has 0 bridgehead atoms. The predicted octanol–water partition coefficient (Wildman–Crippen LogP) is 2.11. The first-order valence-electron chi connectivity index (χ1n) is 8.01. The summed E-state index contributed by atoms with van der Waals surface area (Å²) in [5, 5.41) is 3.45. The predicted molar refractivity (Wildman–Crippen MR) is 95.3 cm³/mol. The third-order valence-electron chi connectivity index (χ3n) is 3.67. The molecule has 0 fully saturated rings. The minimum absolute atomic E-state index is 0.0656. The molecule has 1 N–H and O–H groups in total. The van der Waals surface area contributed by atoms with Crippen LogP contribution in [0.15, 0.2) is 29.4 Å². The van der Waals surface area contributed by atoms with Crippen LogP contribution in [-0.2, 0) is 16.7 Å². The number of para-hydroxylation sites is 1. The van der Waals surface area contributed by atoms with Gasteiger partial charge in [0.25, 0.3) is 21.0 Å². The Morgan fingerprint density at radius 1 is 1.30 bits per heavy atom. The van der Waals surface area contributed by atoms with Gasteiger partial charge in [0, 0.05) is 6.07 Å². The highest BCUT2D eigenvalue weighted by Gasteiger charge is 2.25. The minimum Gasteiger partial charge on any atom is -0.495 e. The lowest BCUT2D eigenvalue weighted by atomic mass is 10.2. The molecular formula is C16H18FN5O4S. The molecular weight excluding hydrogens is 377 g/mol. The van der Waals surface area contributed by atoms with E-state index in [1.807, 2.05) is 0 Å². The van der Waals surface area contributed by atoms with Crippen molar-refractivity contribution < 1.29 is 22.3 Å². The number of sulfonamides is 1. The van der Waals surface area contributed by atoms with Gasteiger partial charge in [-0.3, -0.25) is 4.72 Å². The number of ether oxygens (including phenoxy) is 2. The average molecular weight is 395 g/mol. The van der Waals surface area contributed by atoms with Gasteiger partial charge in [0.15, 0.2) is 0 Å². The summed E-state index contributed by atoms with van der Waals surface area (Å²) in [6, 6.07) is 6.45. The van der Waals surface area contributed by atoms with Crippen LogP contribution in [0.3, 0.4) is 0 Å². The maximum atomic E-state index is 13.0. The molecule has 9 nitrogen and oxygen atoms in total. The Bertz CT molecular complexity index is 1080. The summed E-state index contributed by atoms with van der Waals surface area (Å²) in [5.41, 5.74) is 1.01. The molecule has 0 aliphatic carbocycles. The van der Waals surface area contributed by atoms with Gasteiger partial charge in [0.1, 0.15) is 12.4 Å². The Balaban J connectivity index is 2.07. The van der Waals surface area contributed by atoms with Crippen molar-refractivity contribution in [3.8, 4) is 11.6 Å². The molecule has 1 aromatic carbocycles. The lowest BCUT2D eigenvalue weighted by Crippen LogP contribution is -2.16. The fraction of sp³-hybridized carbons (Fsp3) is 0.312. The van der Waals surface area contributed by atoms with Gasteiger partial charge in [0.05, 0.1) is 25.1 Å². The van der Waals surface area contributed by atoms with Crippen molar-refractivity contribution in [1.29, 1.82) is 0 Å². The van der Waals surface area contributed by atoms with Crippen molar-refractivity contribution in [3.63, 3.8) is 0 Å². The number of nitrogens with one attached hydrogen (secondary N) is 1. The van der Waals surface area contributed by atoms with E-state index in [1.165, 1.54) is 13.2 Å². The second-order valence-electron chi connectivity index (χ2n) is 5.52. The molecule has 0 saturated carbocycles. The number of fused-ring (bicyclic) bond motifs is 1. The lowest BCUT2D eigenvalue weighted by Gasteiger charge is -2.12. The first kappa shape index (κ1) is 18.8. The van der Waals surface area contributed by atoms with Crippen LogP contribution in [0.1, 0.15) is 18.2 Å². The monoisotopic (exact) mass is 395 g/mol. The van der Waals surface area contributed by atoms with Gasteiger partial charge < -0.3 is 9.47 Å². The molecule has 11 heteroatoms. The molecule has 0 amide bonds. The molecule has 0 aliphatic rings. The number of nitrogens with zero attached hydrogens (tertiary/aromatic N) is 4. The van der Waals surface area contributed by atoms with Crippen LogP contribution < -0.4 is 14.2 Å². The van der Waals surface area contributed by atoms with E-state index >= 15 is 0 Å². The van der Waals surface area contributed by atoms with Crippen LogP contribution in [-0.4, -0.2) is 41.7 Å². The van der Waals surface area contributed by atoms with Crippen molar-refractivity contribution in [2.45, 2.75) is 25.7 Å². The maximum absolute atomic E-state index is 13.0. The first-order valence-corrected chi connectivity index (χ1v) is 9.49. The molecule has 0 spiro atoms. The van der Waals surface area contributed by atoms with Gasteiger partial charge in [-0.05, 0) is 25.5 Å². The Morgan fingerprint density at radius 2 is 2.07 bits per heavy atom. The van der Waals surface area contributed by atoms with Crippen LogP contribution >= 0.6 is 0 Å². The molecule has 3 rings (SSSR count). The Kier molecular flexibility index (Phi) is 5.13. The molecule has 0 aliphatic heterocycles. The van der Waals surface area contributed by atoms with E-state index in [9.17, 15) is 12.8 Å². The van der Waals surface area contributed by atoms with Crippen molar-refractivity contribution in [3.05, 3.63) is 35.5 Å². The van der Waals surface area contributed by atoms with Crippen LogP contribution in [0.25, 0.3) is 5.78 Å². The zero-order valence-corrected chi connectivity index (χ0v) is 15.7. The van der Waals surface area contributed by atoms with Gasteiger partial charge in [-0.25, -0.2) is 9.37 Å². The Labute approximate surface area is 155 Å². The number of alkyl halides is 1. The number of hydrogen-bond acceptors (Lipinski definition) is 7. The van der Waals surface area contributed by atoms with Crippen molar-refractivity contribution in [2.24, 2.45) is 0 Å². The van der Waals surface area contributed by atoms with Gasteiger partial charge in [-0.15, -0.1) is 5.10 Å². The molecule has 0 saturated heterocycles. The Morgan fingerprint density at radius 3 is 2.74 bits per heavy atom. The number of aryl methyl sites for hydroxylation is 1. The summed E-state index contributed by atoms with van der Waals surface area (Å²) >= 11 is 0. The lowest BCUT2D eigenvalue weighted by molar-refractivity contribution is 0.315. The zero-order chi connectivity index (χ0) is 19.6. The second kappa shape index (κ2) is 7.35. The number of anilines is 1. The second-order valence-corrected chi connectivity index (χ2v) is 7.09. The number of halogens is 1. The van der Waals surface area contributed by atoms with Crippen LogP contribution in [0, 0.1) is 6.92 Å². The molecule has 27 heavy (non-hydrogen) atoms. The maximum Gasteiger partial charge on any atom is 0.299 e. The summed E-state index contributed by atoms with van der Waals surface area (Å²) < 4.78 is 52.7. The SMILES string of the molecule is CCOc1cc(CF)nc2nc(S(=O)(=O)Nc3c(C)cccc3OC)nn12. The number of rotatable bonds is 7. The van der Waals surface area contributed by atoms with Crippen LogP contribution in [0.5, 0.6) is 11.6 Å². The molecule has 0 radical (unpaired) electrons. The van der Waals surface area contributed by atoms with Crippen molar-refractivity contribution in [2.75, 3.05) is 18.4 Å². The molecule has 0 unspecified atom stereocenters. The summed E-state index contributed by atoms with van der Waals surface area (Å²) in [6.45, 7) is 2.91. The fourth-order valence-electron chi connectivity index (χ4n) is 2.42. The topological polar surface area (TPSA) is 108 Å². The van der Waals surface area contributed by atoms with E-state index in [1.54, 1.807) is 32.0 Å². The standard InChI is InChI=1S/C16H18FN5O4S/c1-4-26-13-8-11(9-17)18-15-19-16(20-22(13)15)27(23,24)21-14-10(2)6-5-7-12(14)25-3/h5-8,21H,4,9H2,1-3H3. The quantitative estimate of drug-likeness (QED) is 0.653. The third kappa shape index (κ3) is 3.63. The highest BCUT2D eigenvalue weighted by atomic mass is 32.2. The summed E-state index contributed by atoms with van der Waals surface area (Å²) in [7, 11) is -2.71. The zero-order valence-electron chi connectivity index (χ0n) is 14.9. The molecule has 144 valence electrons. The average Bonchev–Trinajstić information content (AvgIpc) is 3.09. The molecule has 0 atom stereocenters. The van der Waals surface area contributed by atoms with Crippen LogP contribution in [0.4, 0.5) is 10.1 Å². The summed E-state index contributed by atoms with van der Waals surface area (Å²) in [4.78, 5) is 7.87. The van der Waals surface area contributed by atoms with Gasteiger partial charge in [0.2, 0.25) is 5.88 Å². The number of hydrogen-bond donors (Lipinski definition) is 1. The highest BCUT2D eigenvalue weighted by Crippen LogP contribution is 2.29. The first-order chi connectivity index (χ1) is 12.9. The summed E-state index contributed by atoms with van der Waals surface area (Å²) in [6.07, 6.45) is 0. The van der Waals surface area contributed by atoms with E-state index in [2.05, 4.69) is 19.8 Å². The normalized spacial score (nSPS) is 11.6. The number of aromatic nitrogens is 4. The van der Waals surface area contributed by atoms with Crippen molar-refractivity contribution >= 4 is 21.5 Å².